The smallest absolute Gasteiger partial charge is 0.158 e. The zero-order valence-corrected chi connectivity index (χ0v) is 12.3. The first-order chi connectivity index (χ1) is 10.2. The molecule has 0 aliphatic carbocycles. The van der Waals surface area contributed by atoms with Gasteiger partial charge in [0.2, 0.25) is 0 Å². The van der Waals surface area contributed by atoms with E-state index in [9.17, 15) is 0 Å². The topological polar surface area (TPSA) is 42.2 Å². The average Bonchev–Trinajstić information content (AvgIpc) is 2.89. The molecule has 1 N–H and O–H groups in total. The fraction of sp³-hybridized carbons (Fsp3) is 0.176. The molecule has 3 rings (SSSR count). The minimum Gasteiger partial charge on any atom is -0.366 e. The molecule has 3 aromatic rings. The lowest BCUT2D eigenvalue weighted by Crippen LogP contribution is -2.06. The summed E-state index contributed by atoms with van der Waals surface area (Å²) in [6.07, 6.45) is 1.83. The van der Waals surface area contributed by atoms with Gasteiger partial charge in [0.05, 0.1) is 5.69 Å². The summed E-state index contributed by atoms with van der Waals surface area (Å²) in [4.78, 5) is 4.54. The molecule has 4 heteroatoms. The van der Waals surface area contributed by atoms with Crippen LogP contribution in [0.5, 0.6) is 0 Å². The van der Waals surface area contributed by atoms with Crippen molar-refractivity contribution >= 4 is 11.5 Å². The number of aryl methyl sites for hydroxylation is 2. The predicted molar refractivity (Wildman–Crippen MR) is 86.6 cm³/mol. The second kappa shape index (κ2) is 5.40. The second-order valence-corrected chi connectivity index (χ2v) is 5.12. The van der Waals surface area contributed by atoms with Gasteiger partial charge in [0.25, 0.3) is 0 Å². The molecule has 1 aromatic carbocycles. The van der Waals surface area contributed by atoms with Gasteiger partial charge < -0.3 is 5.32 Å². The van der Waals surface area contributed by atoms with Crippen LogP contribution in [0, 0.1) is 13.8 Å². The first-order valence-electron chi connectivity index (χ1n) is 6.96. The van der Waals surface area contributed by atoms with Crippen LogP contribution in [0.2, 0.25) is 0 Å². The van der Waals surface area contributed by atoms with Crippen molar-refractivity contribution in [2.75, 3.05) is 11.9 Å². The molecular formula is C17H18N4. The Morgan fingerprint density at radius 3 is 2.67 bits per heavy atom. The van der Waals surface area contributed by atoms with Crippen molar-refractivity contribution in [3.63, 3.8) is 0 Å². The standard InChI is InChI=1S/C17H18N4/c1-4-9-18-16-10-13(3)19-17-11-15(20-21(16)17)14-7-5-12(2)6-8-14/h4-8,10-11,18H,1,9H2,2-3H3. The van der Waals surface area contributed by atoms with E-state index in [2.05, 4.69) is 53.2 Å². The summed E-state index contributed by atoms with van der Waals surface area (Å²) in [6.45, 7) is 8.49. The first-order valence-corrected chi connectivity index (χ1v) is 6.96. The van der Waals surface area contributed by atoms with E-state index >= 15 is 0 Å². The number of nitrogens with zero attached hydrogens (tertiary/aromatic N) is 3. The summed E-state index contributed by atoms with van der Waals surface area (Å²) in [6, 6.07) is 12.4. The van der Waals surface area contributed by atoms with Crippen molar-refractivity contribution in [1.29, 1.82) is 0 Å². The van der Waals surface area contributed by atoms with Crippen molar-refractivity contribution in [3.8, 4) is 11.3 Å². The lowest BCUT2D eigenvalue weighted by Gasteiger charge is -2.06. The minimum absolute atomic E-state index is 0.693. The van der Waals surface area contributed by atoms with Gasteiger partial charge in [-0.2, -0.15) is 9.61 Å². The van der Waals surface area contributed by atoms with Gasteiger partial charge in [0, 0.05) is 29.9 Å². The van der Waals surface area contributed by atoms with E-state index in [-0.39, 0.29) is 0 Å². The molecule has 106 valence electrons. The summed E-state index contributed by atoms with van der Waals surface area (Å²) in [5, 5.41) is 7.96. The Morgan fingerprint density at radius 1 is 1.19 bits per heavy atom. The third kappa shape index (κ3) is 2.65. The van der Waals surface area contributed by atoms with Crippen LogP contribution in [0.4, 0.5) is 5.82 Å². The number of aromatic nitrogens is 3. The Morgan fingerprint density at radius 2 is 1.95 bits per heavy atom. The van der Waals surface area contributed by atoms with Crippen molar-refractivity contribution in [3.05, 3.63) is 60.3 Å². The first kappa shape index (κ1) is 13.4. The maximum Gasteiger partial charge on any atom is 0.158 e. The number of fused-ring (bicyclic) bond motifs is 1. The molecule has 0 bridgehead atoms. The van der Waals surface area contributed by atoms with E-state index in [1.807, 2.05) is 29.6 Å². The number of benzene rings is 1. The second-order valence-electron chi connectivity index (χ2n) is 5.12. The molecule has 0 saturated heterocycles. The van der Waals surface area contributed by atoms with Gasteiger partial charge >= 0.3 is 0 Å². The molecule has 0 fully saturated rings. The van der Waals surface area contributed by atoms with E-state index in [1.165, 1.54) is 5.56 Å². The van der Waals surface area contributed by atoms with Gasteiger partial charge in [-0.3, -0.25) is 0 Å². The van der Waals surface area contributed by atoms with Gasteiger partial charge in [0.1, 0.15) is 5.82 Å². The average molecular weight is 278 g/mol. The molecule has 0 saturated carbocycles. The number of hydrogen-bond acceptors (Lipinski definition) is 3. The van der Waals surface area contributed by atoms with E-state index in [0.29, 0.717) is 6.54 Å². The molecule has 0 atom stereocenters. The van der Waals surface area contributed by atoms with Gasteiger partial charge in [-0.1, -0.05) is 35.9 Å². The number of anilines is 1. The Labute approximate surface area is 124 Å². The lowest BCUT2D eigenvalue weighted by atomic mass is 10.1. The number of hydrogen-bond donors (Lipinski definition) is 1. The third-order valence-corrected chi connectivity index (χ3v) is 3.33. The van der Waals surface area contributed by atoms with E-state index in [1.54, 1.807) is 0 Å². The van der Waals surface area contributed by atoms with Crippen LogP contribution < -0.4 is 5.32 Å². The predicted octanol–water partition coefficient (Wildman–Crippen LogP) is 3.61. The number of rotatable bonds is 4. The van der Waals surface area contributed by atoms with E-state index in [0.717, 1.165) is 28.4 Å². The molecule has 4 nitrogen and oxygen atoms in total. The summed E-state index contributed by atoms with van der Waals surface area (Å²) in [5.74, 6) is 0.927. The summed E-state index contributed by atoms with van der Waals surface area (Å²) < 4.78 is 1.84. The summed E-state index contributed by atoms with van der Waals surface area (Å²) in [7, 11) is 0. The maximum atomic E-state index is 4.66. The Balaban J connectivity index is 2.10. The fourth-order valence-electron chi connectivity index (χ4n) is 2.27. The zero-order valence-electron chi connectivity index (χ0n) is 12.3. The molecule has 0 aliphatic heterocycles. The maximum absolute atomic E-state index is 4.66. The van der Waals surface area contributed by atoms with Gasteiger partial charge in [0.15, 0.2) is 5.65 Å². The molecule has 2 aromatic heterocycles. The minimum atomic E-state index is 0.693. The molecule has 0 aliphatic rings. The highest BCUT2D eigenvalue weighted by Crippen LogP contribution is 2.22. The number of nitrogens with one attached hydrogen (secondary N) is 1. The quantitative estimate of drug-likeness (QED) is 0.741. The molecule has 0 unspecified atom stereocenters. The summed E-state index contributed by atoms with van der Waals surface area (Å²) >= 11 is 0. The third-order valence-electron chi connectivity index (χ3n) is 3.33. The van der Waals surface area contributed by atoms with E-state index < -0.39 is 0 Å². The Hall–Kier alpha value is -2.62. The Kier molecular flexibility index (Phi) is 3.44. The van der Waals surface area contributed by atoms with Crippen LogP contribution in [0.3, 0.4) is 0 Å². The van der Waals surface area contributed by atoms with Crippen LogP contribution >= 0.6 is 0 Å². The van der Waals surface area contributed by atoms with Gasteiger partial charge in [-0.05, 0) is 13.8 Å². The highest BCUT2D eigenvalue weighted by molar-refractivity contribution is 5.66. The van der Waals surface area contributed by atoms with Gasteiger partial charge in [-0.15, -0.1) is 6.58 Å². The Bertz CT molecular complexity index is 784. The van der Waals surface area contributed by atoms with Crippen LogP contribution in [-0.2, 0) is 0 Å². The van der Waals surface area contributed by atoms with Crippen LogP contribution in [-0.4, -0.2) is 21.1 Å². The molecule has 0 amide bonds. The van der Waals surface area contributed by atoms with Crippen molar-refractivity contribution < 1.29 is 0 Å². The molecule has 2 heterocycles. The van der Waals surface area contributed by atoms with Gasteiger partial charge in [-0.25, -0.2) is 4.98 Å². The zero-order chi connectivity index (χ0) is 14.8. The SMILES string of the molecule is C=CCNc1cc(C)nc2cc(-c3ccc(C)cc3)nn12. The van der Waals surface area contributed by atoms with Crippen LogP contribution in [0.25, 0.3) is 16.9 Å². The summed E-state index contributed by atoms with van der Waals surface area (Å²) in [5.41, 5.74) is 5.07. The highest BCUT2D eigenvalue weighted by atomic mass is 15.3. The van der Waals surface area contributed by atoms with Crippen molar-refractivity contribution in [2.24, 2.45) is 0 Å². The highest BCUT2D eigenvalue weighted by Gasteiger charge is 2.09. The van der Waals surface area contributed by atoms with Crippen molar-refractivity contribution in [1.82, 2.24) is 14.6 Å². The molecule has 0 spiro atoms. The molecule has 21 heavy (non-hydrogen) atoms. The molecular weight excluding hydrogens is 260 g/mol. The molecule has 0 radical (unpaired) electrons. The largest absolute Gasteiger partial charge is 0.366 e. The fourth-order valence-corrected chi connectivity index (χ4v) is 2.27. The normalized spacial score (nSPS) is 10.8. The van der Waals surface area contributed by atoms with Crippen LogP contribution in [0.1, 0.15) is 11.3 Å². The lowest BCUT2D eigenvalue weighted by molar-refractivity contribution is 0.932. The van der Waals surface area contributed by atoms with Crippen molar-refractivity contribution in [2.45, 2.75) is 13.8 Å². The van der Waals surface area contributed by atoms with E-state index in [4.69, 9.17) is 0 Å². The monoisotopic (exact) mass is 278 g/mol. The van der Waals surface area contributed by atoms with Crippen LogP contribution in [0.15, 0.2) is 49.1 Å².